The number of likely N-dealkylation sites (N-methyl/N-ethyl adjacent to an activating group) is 1. The van der Waals surface area contributed by atoms with Gasteiger partial charge in [-0.1, -0.05) is 50.2 Å². The maximum Gasteiger partial charge on any atom is 0.259 e. The lowest BCUT2D eigenvalue weighted by Gasteiger charge is -2.33. The first-order valence-corrected chi connectivity index (χ1v) is 12.4. The largest absolute Gasteiger partial charge is 0.357 e. The predicted octanol–water partition coefficient (Wildman–Crippen LogP) is 3.24. The van der Waals surface area contributed by atoms with Crippen LogP contribution in [0, 0.1) is 11.3 Å². The van der Waals surface area contributed by atoms with Gasteiger partial charge in [-0.05, 0) is 35.8 Å². The predicted molar refractivity (Wildman–Crippen MR) is 128 cm³/mol. The molecule has 0 aliphatic heterocycles. The van der Waals surface area contributed by atoms with Crippen LogP contribution in [0.5, 0.6) is 0 Å². The van der Waals surface area contributed by atoms with E-state index in [4.69, 9.17) is 0 Å². The molecule has 0 spiro atoms. The highest BCUT2D eigenvalue weighted by Crippen LogP contribution is 2.35. The number of rotatable bonds is 12. The average Bonchev–Trinajstić information content (AvgIpc) is 3.30. The van der Waals surface area contributed by atoms with Crippen molar-refractivity contribution >= 4 is 40.8 Å². The van der Waals surface area contributed by atoms with Gasteiger partial charge in [0.2, 0.25) is 11.8 Å². The van der Waals surface area contributed by atoms with Crippen LogP contribution in [-0.4, -0.2) is 41.8 Å². The summed E-state index contributed by atoms with van der Waals surface area (Å²) in [5, 5.41) is 16.8. The maximum absolute atomic E-state index is 13.5. The molecule has 0 radical (unpaired) electrons. The Bertz CT molecular complexity index is 875. The Balaban J connectivity index is 2.27. The van der Waals surface area contributed by atoms with Crippen molar-refractivity contribution in [1.82, 2.24) is 16.1 Å². The summed E-state index contributed by atoms with van der Waals surface area (Å²) in [6.07, 6.45) is 0.745. The maximum atomic E-state index is 13.5. The molecule has 3 amide bonds. The number of hydroxylamine groups is 1. The smallest absolute Gasteiger partial charge is 0.259 e. The van der Waals surface area contributed by atoms with Crippen LogP contribution >= 0.6 is 23.1 Å². The van der Waals surface area contributed by atoms with Gasteiger partial charge >= 0.3 is 0 Å². The van der Waals surface area contributed by atoms with Gasteiger partial charge in [0, 0.05) is 19.2 Å². The van der Waals surface area contributed by atoms with Crippen LogP contribution in [0.25, 0.3) is 0 Å². The molecular formula is C23H31N3O4S2. The minimum Gasteiger partial charge on any atom is -0.357 e. The summed E-state index contributed by atoms with van der Waals surface area (Å²) in [6.45, 7) is 3.83. The van der Waals surface area contributed by atoms with Crippen molar-refractivity contribution < 1.29 is 19.6 Å². The molecule has 1 heterocycles. The van der Waals surface area contributed by atoms with Gasteiger partial charge < -0.3 is 10.6 Å². The van der Waals surface area contributed by atoms with Crippen LogP contribution < -0.4 is 16.1 Å². The molecule has 9 heteroatoms. The first kappa shape index (κ1) is 25.9. The van der Waals surface area contributed by atoms with E-state index in [-0.39, 0.29) is 31.1 Å². The zero-order valence-electron chi connectivity index (χ0n) is 18.6. The van der Waals surface area contributed by atoms with Gasteiger partial charge in [-0.2, -0.15) is 0 Å². The van der Waals surface area contributed by atoms with Gasteiger partial charge in [0.15, 0.2) is 0 Å². The van der Waals surface area contributed by atoms with Crippen molar-refractivity contribution in [3.8, 4) is 0 Å². The van der Waals surface area contributed by atoms with E-state index in [0.717, 1.165) is 9.77 Å². The van der Waals surface area contributed by atoms with Crippen molar-refractivity contribution in [2.45, 2.75) is 43.4 Å². The third-order valence-electron chi connectivity index (χ3n) is 5.15. The van der Waals surface area contributed by atoms with E-state index in [2.05, 4.69) is 10.6 Å². The van der Waals surface area contributed by atoms with Gasteiger partial charge in [-0.25, -0.2) is 5.48 Å². The molecule has 0 saturated heterocycles. The molecule has 0 bridgehead atoms. The van der Waals surface area contributed by atoms with Crippen LogP contribution in [0.2, 0.25) is 0 Å². The van der Waals surface area contributed by atoms with Gasteiger partial charge in [0.05, 0.1) is 4.21 Å². The van der Waals surface area contributed by atoms with E-state index in [0.29, 0.717) is 5.75 Å². The summed E-state index contributed by atoms with van der Waals surface area (Å²) in [4.78, 5) is 38.9. The van der Waals surface area contributed by atoms with Gasteiger partial charge in [-0.3, -0.25) is 19.6 Å². The van der Waals surface area contributed by atoms with Crippen LogP contribution in [0.4, 0.5) is 0 Å². The highest BCUT2D eigenvalue weighted by molar-refractivity contribution is 8.01. The quantitative estimate of drug-likeness (QED) is 0.162. The number of carbonyl (C=O) groups is 3. The number of nitrogens with one attached hydrogen (secondary N) is 3. The fourth-order valence-corrected chi connectivity index (χ4v) is 5.59. The normalized spacial score (nSPS) is 13.8. The molecule has 0 aliphatic rings. The summed E-state index contributed by atoms with van der Waals surface area (Å²) in [6, 6.07) is 12.4. The first-order valence-electron chi connectivity index (χ1n) is 10.5. The van der Waals surface area contributed by atoms with E-state index < -0.39 is 23.3 Å². The molecule has 2 unspecified atom stereocenters. The Morgan fingerprint density at radius 1 is 1.09 bits per heavy atom. The van der Waals surface area contributed by atoms with Crippen LogP contribution in [-0.2, 0) is 20.8 Å². The molecule has 2 rings (SSSR count). The molecule has 7 nitrogen and oxygen atoms in total. The van der Waals surface area contributed by atoms with Crippen molar-refractivity contribution in [3.05, 3.63) is 53.4 Å². The Morgan fingerprint density at radius 2 is 1.81 bits per heavy atom. The van der Waals surface area contributed by atoms with Crippen LogP contribution in [0.15, 0.2) is 52.1 Å². The number of hydrogen-bond donors (Lipinski definition) is 4. The average molecular weight is 478 g/mol. The molecule has 4 N–H and O–H groups in total. The van der Waals surface area contributed by atoms with Gasteiger partial charge in [-0.15, -0.1) is 23.1 Å². The van der Waals surface area contributed by atoms with E-state index in [1.165, 1.54) is 7.05 Å². The van der Waals surface area contributed by atoms with Crippen molar-refractivity contribution in [2.24, 2.45) is 11.3 Å². The Kier molecular flexibility index (Phi) is 10.2. The van der Waals surface area contributed by atoms with Gasteiger partial charge in [0.25, 0.3) is 5.91 Å². The number of amides is 3. The topological polar surface area (TPSA) is 108 Å². The Hall–Kier alpha value is -2.36. The third kappa shape index (κ3) is 7.08. The highest BCUT2D eigenvalue weighted by Gasteiger charge is 2.47. The molecule has 32 heavy (non-hydrogen) atoms. The molecule has 0 saturated carbocycles. The molecule has 1 aromatic heterocycles. The molecular weight excluding hydrogens is 446 g/mol. The van der Waals surface area contributed by atoms with Crippen LogP contribution in [0.1, 0.15) is 32.3 Å². The molecule has 2 atom stereocenters. The van der Waals surface area contributed by atoms with Crippen LogP contribution in [0.3, 0.4) is 0 Å². The summed E-state index contributed by atoms with van der Waals surface area (Å²) >= 11 is 3.14. The fraction of sp³-hybridized carbons (Fsp3) is 0.435. The zero-order valence-corrected chi connectivity index (χ0v) is 20.2. The van der Waals surface area contributed by atoms with E-state index in [1.807, 2.05) is 61.7 Å². The number of carbonyl (C=O) groups excluding carboxylic acids is 3. The highest BCUT2D eigenvalue weighted by atomic mass is 32.2. The second kappa shape index (κ2) is 12.6. The standard InChI is InChI=1S/C23H31N3O4S2/c1-16(2)15-23(22(29)26-30,11-13-32-19-10-7-12-31-19)21(28)25-18(20(27)24-3)14-17-8-5-4-6-9-17/h4-10,12,16,18,30H,11,13-15H2,1-3H3,(H,24,27)(H,25,28)(H,26,29). The fourth-order valence-electron chi connectivity index (χ4n) is 3.62. The molecule has 1 aromatic carbocycles. The monoisotopic (exact) mass is 477 g/mol. The minimum absolute atomic E-state index is 0.0114. The second-order valence-electron chi connectivity index (χ2n) is 7.98. The third-order valence-corrected chi connectivity index (χ3v) is 7.28. The second-order valence-corrected chi connectivity index (χ2v) is 10.3. The number of thioether (sulfide) groups is 1. The lowest BCUT2D eigenvalue weighted by Crippen LogP contribution is -2.57. The summed E-state index contributed by atoms with van der Waals surface area (Å²) in [5.74, 6) is -1.15. The summed E-state index contributed by atoms with van der Waals surface area (Å²) in [5.41, 5.74) is 1.08. The molecule has 0 aliphatic carbocycles. The summed E-state index contributed by atoms with van der Waals surface area (Å²) < 4.78 is 1.08. The van der Waals surface area contributed by atoms with E-state index in [9.17, 15) is 19.6 Å². The number of hydrogen-bond acceptors (Lipinski definition) is 6. The first-order chi connectivity index (χ1) is 15.3. The van der Waals surface area contributed by atoms with E-state index >= 15 is 0 Å². The lowest BCUT2D eigenvalue weighted by molar-refractivity contribution is -0.152. The number of benzene rings is 1. The van der Waals surface area contributed by atoms with Crippen molar-refractivity contribution in [3.63, 3.8) is 0 Å². The lowest BCUT2D eigenvalue weighted by atomic mass is 9.75. The summed E-state index contributed by atoms with van der Waals surface area (Å²) in [7, 11) is 1.51. The van der Waals surface area contributed by atoms with Crippen molar-refractivity contribution in [2.75, 3.05) is 12.8 Å². The molecule has 174 valence electrons. The minimum atomic E-state index is -1.50. The van der Waals surface area contributed by atoms with Gasteiger partial charge in [0.1, 0.15) is 11.5 Å². The molecule has 0 fully saturated rings. The van der Waals surface area contributed by atoms with E-state index in [1.54, 1.807) is 28.6 Å². The number of thiophene rings is 1. The SMILES string of the molecule is CNC(=O)C(Cc1ccccc1)NC(=O)C(CCSc1cccs1)(CC(C)C)C(=O)NO. The Labute approximate surface area is 197 Å². The van der Waals surface area contributed by atoms with Crippen molar-refractivity contribution in [1.29, 1.82) is 0 Å². The Morgan fingerprint density at radius 3 is 2.38 bits per heavy atom. The molecule has 2 aromatic rings. The zero-order chi connectivity index (χ0) is 23.6.